The van der Waals surface area contributed by atoms with Crippen LogP contribution in [0.3, 0.4) is 0 Å². The number of nitriles is 1. The van der Waals surface area contributed by atoms with Gasteiger partial charge < -0.3 is 55.9 Å². The van der Waals surface area contributed by atoms with Crippen LogP contribution >= 0.6 is 0 Å². The lowest BCUT2D eigenvalue weighted by molar-refractivity contribution is -0.688. The Morgan fingerprint density at radius 3 is 2.29 bits per heavy atom. The number of pyridine rings is 1. The Labute approximate surface area is 393 Å². The highest BCUT2D eigenvalue weighted by Gasteiger charge is 2.48. The lowest BCUT2D eigenvalue weighted by Gasteiger charge is -2.38. The number of guanidine groups is 1. The van der Waals surface area contributed by atoms with E-state index in [1.54, 1.807) is 41.6 Å². The molecule has 22 nitrogen and oxygen atoms in total. The molecular weight excluding hydrogens is 887 g/mol. The van der Waals surface area contributed by atoms with Gasteiger partial charge in [0.25, 0.3) is 11.8 Å². The van der Waals surface area contributed by atoms with Crippen molar-refractivity contribution in [3.63, 3.8) is 0 Å². The number of imide groups is 1. The Balaban J connectivity index is 1.13. The van der Waals surface area contributed by atoms with E-state index in [1.807, 2.05) is 17.8 Å². The van der Waals surface area contributed by atoms with Gasteiger partial charge in [0.05, 0.1) is 18.0 Å². The minimum absolute atomic E-state index is 0.0630. The van der Waals surface area contributed by atoms with E-state index in [0.29, 0.717) is 30.8 Å². The number of rotatable bonds is 24. The van der Waals surface area contributed by atoms with E-state index in [9.17, 15) is 59.6 Å². The van der Waals surface area contributed by atoms with E-state index in [1.165, 1.54) is 6.07 Å². The molecule has 0 spiro atoms. The topological polar surface area (TPSA) is 317 Å². The van der Waals surface area contributed by atoms with Crippen molar-refractivity contribution in [1.82, 2.24) is 20.4 Å². The molecular formula is C46H62N9O13+. The highest BCUT2D eigenvalue weighted by atomic mass is 16.7. The molecule has 5 amide bonds. The van der Waals surface area contributed by atoms with Crippen molar-refractivity contribution >= 4 is 52.8 Å². The van der Waals surface area contributed by atoms with Crippen molar-refractivity contribution in [2.24, 2.45) is 10.4 Å². The van der Waals surface area contributed by atoms with Gasteiger partial charge in [-0.1, -0.05) is 32.1 Å². The first-order chi connectivity index (χ1) is 32.6. The zero-order valence-electron chi connectivity index (χ0n) is 38.0. The van der Waals surface area contributed by atoms with E-state index in [0.717, 1.165) is 74.8 Å². The number of carboxylic acids is 1. The van der Waals surface area contributed by atoms with Crippen molar-refractivity contribution < 1.29 is 68.3 Å². The monoisotopic (exact) mass is 948 g/mol. The predicted molar refractivity (Wildman–Crippen MR) is 242 cm³/mol. The van der Waals surface area contributed by atoms with Crippen LogP contribution in [0.2, 0.25) is 0 Å². The summed E-state index contributed by atoms with van der Waals surface area (Å²) in [5.74, 6) is -3.45. The number of nitrogens with zero attached hydrogens (tertiary/aromatic N) is 5. The number of amides is 5. The largest absolute Gasteiger partial charge is 0.479 e. The maximum absolute atomic E-state index is 13.1. The Bertz CT molecular complexity index is 2170. The normalized spacial score (nSPS) is 21.0. The minimum Gasteiger partial charge on any atom is -0.479 e. The molecule has 0 bridgehead atoms. The fourth-order valence-electron chi connectivity index (χ4n) is 8.17. The smallest absolute Gasteiger partial charge is 0.335 e. The first kappa shape index (κ1) is 52.5. The molecule has 1 aromatic heterocycles. The Morgan fingerprint density at radius 2 is 1.62 bits per heavy atom. The van der Waals surface area contributed by atoms with Gasteiger partial charge in [-0.3, -0.25) is 39.2 Å². The highest BCUT2D eigenvalue weighted by Crippen LogP contribution is 2.38. The lowest BCUT2D eigenvalue weighted by Crippen LogP contribution is -2.61. The number of aliphatic carboxylic acids is 1. The number of benzene rings is 1. The maximum atomic E-state index is 13.1. The fourth-order valence-corrected chi connectivity index (χ4v) is 8.17. The minimum atomic E-state index is -1.95. The number of carboxylic acid groups (broad SMARTS) is 1. The van der Waals surface area contributed by atoms with E-state index in [4.69, 9.17) is 9.47 Å². The molecule has 0 radical (unpaired) electrons. The zero-order valence-corrected chi connectivity index (χ0v) is 38.0. The molecule has 3 heterocycles. The number of carbonyl (C=O) groups is 6. The molecule has 5 rings (SSSR count). The van der Waals surface area contributed by atoms with Crippen LogP contribution in [0, 0.1) is 16.9 Å². The molecule has 3 aliphatic rings. The Kier molecular flexibility index (Phi) is 19.7. The summed E-state index contributed by atoms with van der Waals surface area (Å²) in [5.41, 5.74) is 1.18. The summed E-state index contributed by atoms with van der Waals surface area (Å²) in [5, 5.41) is 70.7. The van der Waals surface area contributed by atoms with Crippen LogP contribution in [0.5, 0.6) is 5.75 Å². The summed E-state index contributed by atoms with van der Waals surface area (Å²) in [6.07, 6.45) is 6.69. The number of nitrogens with one attached hydrogen (secondary N) is 4. The molecule has 2 fully saturated rings. The number of anilines is 2. The van der Waals surface area contributed by atoms with Crippen molar-refractivity contribution in [3.8, 4) is 11.9 Å². The number of ether oxygens (including phenoxy) is 2. The summed E-state index contributed by atoms with van der Waals surface area (Å²) in [4.78, 5) is 80.6. The zero-order chi connectivity index (χ0) is 49.2. The van der Waals surface area contributed by atoms with Crippen LogP contribution in [0.25, 0.3) is 0 Å². The summed E-state index contributed by atoms with van der Waals surface area (Å²) in [6.45, 7) is 1.21. The van der Waals surface area contributed by atoms with Crippen LogP contribution in [0.15, 0.2) is 59.9 Å². The number of hydrogen-bond donors (Lipinski definition) is 9. The van der Waals surface area contributed by atoms with Crippen LogP contribution < -0.4 is 30.6 Å². The quantitative estimate of drug-likeness (QED) is 0.0130. The molecule has 1 saturated heterocycles. The molecule has 68 heavy (non-hydrogen) atoms. The molecule has 1 aromatic carbocycles. The van der Waals surface area contributed by atoms with Gasteiger partial charge in [0.15, 0.2) is 31.2 Å². The second kappa shape index (κ2) is 25.6. The van der Waals surface area contributed by atoms with E-state index >= 15 is 0 Å². The van der Waals surface area contributed by atoms with Gasteiger partial charge in [-0.2, -0.15) is 5.26 Å². The standard InChI is InChI=1S/C46H61N9O13/c1-53(27-46(28-56)18-6-7-19-46)36(59)9-5-3-2-4-8-20-49-45(50-29-47)51-31-15-22-54(23-16-31)26-30-10-11-33(67-44-41(64)39(62)40(63)42(68-44)43(65)66)32(25-30)52-35(58)14-21-48-34(57)17-24-55-37(60)12-13-38(55)61/h10-13,15-16,22-23,25,39-42,44,56,62-64H,2-9,14,17-21,24,26-28H2,1H3,(H4,48,49,50,52,57,58,65,66)/p+1/t39-,40-,41+,42-,44+/m0/s1. The third kappa shape index (κ3) is 15.3. The van der Waals surface area contributed by atoms with Crippen LogP contribution in [-0.4, -0.2) is 147 Å². The average molecular weight is 949 g/mol. The molecule has 0 unspecified atom stereocenters. The maximum Gasteiger partial charge on any atom is 0.335 e. The number of hydrogen-bond acceptors (Lipinski definition) is 14. The second-order valence-corrected chi connectivity index (χ2v) is 17.2. The van der Waals surface area contributed by atoms with E-state index in [2.05, 4.69) is 26.3 Å². The Hall–Kier alpha value is -6.51. The van der Waals surface area contributed by atoms with Crippen LogP contribution in [0.1, 0.15) is 82.6 Å². The summed E-state index contributed by atoms with van der Waals surface area (Å²) in [6, 6.07) is 8.15. The van der Waals surface area contributed by atoms with Gasteiger partial charge in [0, 0.05) is 87.8 Å². The number of unbranched alkanes of at least 4 members (excludes halogenated alkanes) is 4. The molecule has 9 N–H and O–H groups in total. The third-order valence-electron chi connectivity index (χ3n) is 12.0. The van der Waals surface area contributed by atoms with Gasteiger partial charge in [-0.15, -0.1) is 0 Å². The first-order valence-electron chi connectivity index (χ1n) is 22.7. The SMILES string of the molecule is CN(CC1(CO)CCCC1)C(=O)CCCCCCCN=C(NC#N)Nc1cc[n+](Cc2ccc(O[C@@H]3O[C@H](C(=O)O)[C@@H](O)[C@H](O)[C@H]3O)c(NC(=O)CCNC(=O)CCN3C(=O)C=CC3=O)c2)cc1. The van der Waals surface area contributed by atoms with Crippen molar-refractivity contribution in [2.45, 2.75) is 114 Å². The fraction of sp³-hybridized carbons (Fsp3) is 0.543. The first-order valence-corrected chi connectivity index (χ1v) is 22.7. The predicted octanol–water partition coefficient (Wildman–Crippen LogP) is 0.244. The molecule has 5 atom stereocenters. The van der Waals surface area contributed by atoms with Gasteiger partial charge in [-0.05, 0) is 43.9 Å². The number of carbonyl (C=O) groups excluding carboxylic acids is 5. The summed E-state index contributed by atoms with van der Waals surface area (Å²) < 4.78 is 12.9. The van der Waals surface area contributed by atoms with Gasteiger partial charge in [0.2, 0.25) is 30.0 Å². The second-order valence-electron chi connectivity index (χ2n) is 17.2. The average Bonchev–Trinajstić information content (AvgIpc) is 3.92. The number of aliphatic hydroxyl groups is 4. The van der Waals surface area contributed by atoms with E-state index in [-0.39, 0.29) is 67.8 Å². The van der Waals surface area contributed by atoms with Crippen molar-refractivity contribution in [1.29, 1.82) is 5.26 Å². The molecule has 2 aliphatic heterocycles. The number of aromatic nitrogens is 1. The molecule has 1 saturated carbocycles. The van der Waals surface area contributed by atoms with Crippen molar-refractivity contribution in [2.75, 3.05) is 50.5 Å². The van der Waals surface area contributed by atoms with Gasteiger partial charge in [0.1, 0.15) is 24.1 Å². The number of aliphatic hydroxyl groups excluding tert-OH is 4. The highest BCUT2D eigenvalue weighted by molar-refractivity contribution is 6.13. The lowest BCUT2D eigenvalue weighted by atomic mass is 9.86. The summed E-state index contributed by atoms with van der Waals surface area (Å²) in [7, 11) is 1.82. The van der Waals surface area contributed by atoms with Gasteiger partial charge >= 0.3 is 5.97 Å². The van der Waals surface area contributed by atoms with E-state index < -0.39 is 60.3 Å². The molecule has 1 aliphatic carbocycles. The summed E-state index contributed by atoms with van der Waals surface area (Å²) >= 11 is 0. The van der Waals surface area contributed by atoms with Crippen molar-refractivity contribution in [3.05, 3.63) is 60.4 Å². The molecule has 368 valence electrons. The Morgan fingerprint density at radius 1 is 0.926 bits per heavy atom. The van der Waals surface area contributed by atoms with Crippen LogP contribution in [-0.2, 0) is 40.0 Å². The molecule has 22 heteroatoms. The number of aliphatic imine (C=N–C) groups is 1. The van der Waals surface area contributed by atoms with Gasteiger partial charge in [-0.25, -0.2) is 9.36 Å². The van der Waals surface area contributed by atoms with Crippen LogP contribution in [0.4, 0.5) is 11.4 Å². The third-order valence-corrected chi connectivity index (χ3v) is 12.0. The molecule has 2 aromatic rings.